The Morgan fingerprint density at radius 1 is 1.23 bits per heavy atom. The average Bonchev–Trinajstić information content (AvgIpc) is 3.10. The molecule has 2 aliphatic carbocycles. The molecule has 0 radical (unpaired) electrons. The van der Waals surface area contributed by atoms with E-state index in [1.54, 1.807) is 0 Å². The molecule has 3 rings (SSSR count). The number of aliphatic carboxylic acids is 1. The van der Waals surface area contributed by atoms with Crippen molar-refractivity contribution in [1.29, 1.82) is 0 Å². The lowest BCUT2D eigenvalue weighted by Gasteiger charge is -2.25. The molecule has 1 amide bonds. The van der Waals surface area contributed by atoms with Gasteiger partial charge in [0.2, 0.25) is 5.91 Å². The van der Waals surface area contributed by atoms with Crippen molar-refractivity contribution in [3.63, 3.8) is 0 Å². The number of rotatable bonds is 4. The predicted molar refractivity (Wildman–Crippen MR) is 74.2 cm³/mol. The van der Waals surface area contributed by atoms with Crippen LogP contribution in [0.4, 0.5) is 8.78 Å². The summed E-state index contributed by atoms with van der Waals surface area (Å²) in [6, 6.07) is 3.32. The van der Waals surface area contributed by atoms with E-state index in [2.05, 4.69) is 5.32 Å². The second kappa shape index (κ2) is 5.34. The zero-order chi connectivity index (χ0) is 15.9. The van der Waals surface area contributed by atoms with Gasteiger partial charge in [0.15, 0.2) is 0 Å². The highest BCUT2D eigenvalue weighted by Gasteiger charge is 2.50. The van der Waals surface area contributed by atoms with Crippen LogP contribution in [0.3, 0.4) is 0 Å². The Labute approximate surface area is 126 Å². The summed E-state index contributed by atoms with van der Waals surface area (Å²) in [6.07, 6.45) is 2.86. The summed E-state index contributed by atoms with van der Waals surface area (Å²) in [5.74, 6) is -3.40. The van der Waals surface area contributed by atoms with Crippen LogP contribution >= 0.6 is 0 Å². The maximum atomic E-state index is 13.7. The first-order chi connectivity index (χ1) is 10.4. The summed E-state index contributed by atoms with van der Waals surface area (Å²) in [5, 5.41) is 12.0. The average molecular weight is 309 g/mol. The number of carbonyl (C=O) groups excluding carboxylic acids is 1. The molecule has 4 nitrogen and oxygen atoms in total. The Morgan fingerprint density at radius 2 is 1.91 bits per heavy atom. The highest BCUT2D eigenvalue weighted by atomic mass is 19.1. The molecule has 0 spiro atoms. The van der Waals surface area contributed by atoms with Gasteiger partial charge in [-0.25, -0.2) is 13.6 Å². The number of hydrogen-bond acceptors (Lipinski definition) is 2. The molecule has 118 valence electrons. The molecule has 1 aromatic rings. The smallest absolute Gasteiger partial charge is 0.329 e. The minimum absolute atomic E-state index is 0.298. The topological polar surface area (TPSA) is 66.4 Å². The number of carbonyl (C=O) groups is 2. The normalized spacial score (nSPS) is 25.7. The fraction of sp³-hybridized carbons (Fsp3) is 0.500. The second-order valence-electron chi connectivity index (χ2n) is 6.20. The van der Waals surface area contributed by atoms with Gasteiger partial charge in [0, 0.05) is 12.0 Å². The van der Waals surface area contributed by atoms with E-state index in [4.69, 9.17) is 0 Å². The molecule has 0 bridgehead atoms. The van der Waals surface area contributed by atoms with Crippen LogP contribution in [0.1, 0.15) is 43.6 Å². The molecule has 0 aromatic heterocycles. The van der Waals surface area contributed by atoms with Gasteiger partial charge in [-0.2, -0.15) is 0 Å². The van der Waals surface area contributed by atoms with Crippen LogP contribution in [0.5, 0.6) is 0 Å². The Hall–Kier alpha value is -1.98. The minimum Gasteiger partial charge on any atom is -0.480 e. The van der Waals surface area contributed by atoms with Crippen LogP contribution in [-0.4, -0.2) is 22.5 Å². The third-order valence-corrected chi connectivity index (χ3v) is 4.72. The molecule has 2 atom stereocenters. The number of carboxylic acid groups (broad SMARTS) is 1. The fourth-order valence-corrected chi connectivity index (χ4v) is 3.33. The van der Waals surface area contributed by atoms with Gasteiger partial charge in [0.1, 0.15) is 17.2 Å². The van der Waals surface area contributed by atoms with Crippen molar-refractivity contribution >= 4 is 11.9 Å². The standard InChI is InChI=1S/C16H17F2NO3/c17-9-3-4-10(13(18)7-9)11-8-12(11)14(20)19-16(15(21)22)5-1-2-6-16/h3-4,7,11-12H,1-2,5-6,8H2,(H,19,20)(H,21,22). The monoisotopic (exact) mass is 309 g/mol. The number of halogens is 2. The Balaban J connectivity index is 1.69. The first-order valence-corrected chi connectivity index (χ1v) is 7.43. The maximum Gasteiger partial charge on any atom is 0.329 e. The molecule has 1 aromatic carbocycles. The van der Waals surface area contributed by atoms with E-state index in [0.717, 1.165) is 18.9 Å². The molecule has 2 fully saturated rings. The minimum atomic E-state index is -1.18. The van der Waals surface area contributed by atoms with E-state index in [0.29, 0.717) is 24.8 Å². The maximum absolute atomic E-state index is 13.7. The third kappa shape index (κ3) is 2.58. The summed E-state index contributed by atoms with van der Waals surface area (Å²) >= 11 is 0. The van der Waals surface area contributed by atoms with E-state index < -0.39 is 29.1 Å². The van der Waals surface area contributed by atoms with E-state index >= 15 is 0 Å². The SMILES string of the molecule is O=C(NC1(C(=O)O)CCCC1)C1CC1c1ccc(F)cc1F. The van der Waals surface area contributed by atoms with Crippen molar-refractivity contribution in [2.24, 2.45) is 5.92 Å². The zero-order valence-electron chi connectivity index (χ0n) is 11.9. The molecule has 0 saturated heterocycles. The van der Waals surface area contributed by atoms with Crippen molar-refractivity contribution in [1.82, 2.24) is 5.32 Å². The van der Waals surface area contributed by atoms with Crippen LogP contribution < -0.4 is 5.32 Å². The summed E-state index contributed by atoms with van der Waals surface area (Å²) in [6.45, 7) is 0. The summed E-state index contributed by atoms with van der Waals surface area (Å²) < 4.78 is 26.6. The predicted octanol–water partition coefficient (Wildman–Crippen LogP) is 2.58. The second-order valence-corrected chi connectivity index (χ2v) is 6.20. The molecule has 22 heavy (non-hydrogen) atoms. The van der Waals surface area contributed by atoms with Gasteiger partial charge in [0.25, 0.3) is 0 Å². The van der Waals surface area contributed by atoms with Crippen LogP contribution in [0.2, 0.25) is 0 Å². The number of nitrogens with one attached hydrogen (secondary N) is 1. The lowest BCUT2D eigenvalue weighted by Crippen LogP contribution is -2.53. The molecule has 2 N–H and O–H groups in total. The number of benzene rings is 1. The van der Waals surface area contributed by atoms with E-state index in [1.165, 1.54) is 12.1 Å². The molecular weight excluding hydrogens is 292 g/mol. The molecule has 2 saturated carbocycles. The summed E-state index contributed by atoms with van der Waals surface area (Å²) in [4.78, 5) is 23.7. The highest BCUT2D eigenvalue weighted by Crippen LogP contribution is 2.49. The Kier molecular flexibility index (Phi) is 3.62. The molecule has 0 heterocycles. The Bertz CT molecular complexity index is 626. The van der Waals surface area contributed by atoms with Crippen molar-refractivity contribution in [2.75, 3.05) is 0 Å². The van der Waals surface area contributed by atoms with E-state index in [-0.39, 0.29) is 11.8 Å². The van der Waals surface area contributed by atoms with Crippen molar-refractivity contribution < 1.29 is 23.5 Å². The quantitative estimate of drug-likeness (QED) is 0.898. The van der Waals surface area contributed by atoms with Crippen molar-refractivity contribution in [3.8, 4) is 0 Å². The van der Waals surface area contributed by atoms with Gasteiger partial charge >= 0.3 is 5.97 Å². The first-order valence-electron chi connectivity index (χ1n) is 7.43. The largest absolute Gasteiger partial charge is 0.480 e. The van der Waals surface area contributed by atoms with Gasteiger partial charge in [-0.3, -0.25) is 4.79 Å². The Morgan fingerprint density at radius 3 is 2.50 bits per heavy atom. The van der Waals surface area contributed by atoms with Crippen LogP contribution in [-0.2, 0) is 9.59 Å². The molecule has 2 aliphatic rings. The first kappa shape index (κ1) is 14.9. The van der Waals surface area contributed by atoms with Crippen LogP contribution in [0.25, 0.3) is 0 Å². The number of carboxylic acids is 1. The molecule has 6 heteroatoms. The third-order valence-electron chi connectivity index (χ3n) is 4.72. The molecule has 0 aliphatic heterocycles. The van der Waals surface area contributed by atoms with Gasteiger partial charge < -0.3 is 10.4 Å². The van der Waals surface area contributed by atoms with Crippen molar-refractivity contribution in [2.45, 2.75) is 43.6 Å². The van der Waals surface area contributed by atoms with Crippen molar-refractivity contribution in [3.05, 3.63) is 35.4 Å². The molecular formula is C16H17F2NO3. The van der Waals surface area contributed by atoms with Gasteiger partial charge in [-0.1, -0.05) is 18.9 Å². The van der Waals surface area contributed by atoms with Crippen LogP contribution in [0.15, 0.2) is 18.2 Å². The zero-order valence-corrected chi connectivity index (χ0v) is 11.9. The number of amides is 1. The number of hydrogen-bond donors (Lipinski definition) is 2. The lowest BCUT2D eigenvalue weighted by molar-refractivity contribution is -0.147. The van der Waals surface area contributed by atoms with Gasteiger partial charge in [0.05, 0.1) is 0 Å². The van der Waals surface area contributed by atoms with Gasteiger partial charge in [-0.15, -0.1) is 0 Å². The van der Waals surface area contributed by atoms with Crippen LogP contribution in [0, 0.1) is 17.6 Å². The highest BCUT2D eigenvalue weighted by molar-refractivity contribution is 5.90. The van der Waals surface area contributed by atoms with Gasteiger partial charge in [-0.05, 0) is 36.8 Å². The molecule has 2 unspecified atom stereocenters. The van der Waals surface area contributed by atoms with E-state index in [9.17, 15) is 23.5 Å². The fourth-order valence-electron chi connectivity index (χ4n) is 3.33. The lowest BCUT2D eigenvalue weighted by atomic mass is 9.97. The summed E-state index contributed by atoms with van der Waals surface area (Å²) in [5.41, 5.74) is -0.858. The van der Waals surface area contributed by atoms with E-state index in [1.807, 2.05) is 0 Å². The summed E-state index contributed by atoms with van der Waals surface area (Å²) in [7, 11) is 0.